The topological polar surface area (TPSA) is 383 Å². The summed E-state index contributed by atoms with van der Waals surface area (Å²) in [5.41, 5.74) is 4.15. The molecule has 2 amide bonds. The van der Waals surface area contributed by atoms with E-state index < -0.39 is 88.9 Å². The van der Waals surface area contributed by atoms with Crippen molar-refractivity contribution in [3.05, 3.63) is 95.5 Å². The predicted molar refractivity (Wildman–Crippen MR) is 231 cm³/mol. The van der Waals surface area contributed by atoms with Crippen LogP contribution in [0.3, 0.4) is 0 Å². The van der Waals surface area contributed by atoms with Crippen LogP contribution in [0.1, 0.15) is 62.5 Å². The Morgan fingerprint density at radius 1 is 1.00 bits per heavy atom. The second-order valence-corrected chi connectivity index (χ2v) is 15.1. The zero-order valence-corrected chi connectivity index (χ0v) is 35.7. The number of nitrogens with one attached hydrogen (secondary N) is 6. The smallest absolute Gasteiger partial charge is 0.412 e. The lowest BCUT2D eigenvalue weighted by Crippen LogP contribution is -2.44. The molecule has 3 aliphatic rings. The number of benzene rings is 1. The minimum Gasteiger partial charge on any atom is -0.481 e. The van der Waals surface area contributed by atoms with E-state index in [1.165, 1.54) is 6.92 Å². The van der Waals surface area contributed by atoms with Gasteiger partial charge in [-0.3, -0.25) is 39.0 Å². The van der Waals surface area contributed by atoms with Gasteiger partial charge in [-0.2, -0.15) is 14.4 Å². The maximum absolute atomic E-state index is 14.1. The number of carbonyl (C=O) groups excluding carboxylic acids is 2. The summed E-state index contributed by atoms with van der Waals surface area (Å²) in [6.07, 6.45) is -2.12. The Bertz CT molecular complexity index is 2660. The molecule has 362 valence electrons. The van der Waals surface area contributed by atoms with Crippen LogP contribution in [0, 0.1) is 11.6 Å². The normalized spacial score (nSPS) is 19.5. The van der Waals surface area contributed by atoms with Gasteiger partial charge >= 0.3 is 29.4 Å². The molecule has 67 heavy (non-hydrogen) atoms. The van der Waals surface area contributed by atoms with E-state index in [1.807, 2.05) is 21.7 Å². The Kier molecular flexibility index (Phi) is 16.9. The molecule has 26 nitrogen and oxygen atoms in total. The average Bonchev–Trinajstić information content (AvgIpc) is 3.83. The number of aliphatic hydroxyl groups is 2. The van der Waals surface area contributed by atoms with Gasteiger partial charge in [0.2, 0.25) is 11.8 Å². The van der Waals surface area contributed by atoms with Crippen LogP contribution in [-0.4, -0.2) is 131 Å². The quantitative estimate of drug-likeness (QED) is 0.0748. The van der Waals surface area contributed by atoms with Crippen molar-refractivity contribution in [1.82, 2.24) is 34.8 Å². The van der Waals surface area contributed by atoms with Crippen molar-refractivity contribution in [2.45, 2.75) is 82.6 Å². The number of carbonyl (C=O) groups is 4. The Labute approximate surface area is 375 Å². The van der Waals surface area contributed by atoms with E-state index in [0.717, 1.165) is 29.3 Å². The van der Waals surface area contributed by atoms with Gasteiger partial charge in [0.05, 0.1) is 31.6 Å². The van der Waals surface area contributed by atoms with Gasteiger partial charge in [-0.05, 0) is 44.0 Å². The second kappa shape index (κ2) is 22.5. The van der Waals surface area contributed by atoms with E-state index in [1.54, 1.807) is 29.2 Å². The molecule has 6 heterocycles. The Morgan fingerprint density at radius 2 is 1.72 bits per heavy atom. The number of aromatic nitrogens is 6. The number of unbranched alkanes of at least 4 members (excludes halogenated alkanes) is 2. The highest BCUT2D eigenvalue weighted by molar-refractivity contribution is 5.97. The SMILES string of the molecule is CCCCCOC(=O)Nc1nc(=O)n([C@@H]2O[C@H](C)[C@@H](O)[C@H]2O)cc1F.Nc1nc2c(c(=O)[nH]1)N1CN(c3ccc(C(=O)N[C@@H](CCC(=O)O)C(=O)O)cc3)CC1CN2.O=c1[nH]cc(F)c(=O)[nH]1. The molecule has 0 bridgehead atoms. The van der Waals surface area contributed by atoms with Crippen molar-refractivity contribution >= 4 is 52.9 Å². The summed E-state index contributed by atoms with van der Waals surface area (Å²) < 4.78 is 36.9. The summed E-state index contributed by atoms with van der Waals surface area (Å²) in [6.45, 7) is 5.35. The van der Waals surface area contributed by atoms with Crippen molar-refractivity contribution in [1.29, 1.82) is 0 Å². The number of aliphatic hydroxyl groups excluding tert-OH is 2. The lowest BCUT2D eigenvalue weighted by Gasteiger charge is -2.31. The summed E-state index contributed by atoms with van der Waals surface area (Å²) >= 11 is 0. The monoisotopic (exact) mass is 946 g/mol. The Morgan fingerprint density at radius 3 is 2.33 bits per heavy atom. The van der Waals surface area contributed by atoms with Gasteiger partial charge in [0.25, 0.3) is 17.0 Å². The molecular weight excluding hydrogens is 898 g/mol. The van der Waals surface area contributed by atoms with Crippen molar-refractivity contribution in [2.75, 3.05) is 52.5 Å². The van der Waals surface area contributed by atoms with Gasteiger partial charge in [0, 0.05) is 37.0 Å². The standard InChI is InChI=1S/C20H23N7O6.C15H22FN3O6.C4H3FN2O2/c21-20-24-16-15(18(31)25-20)27-9-26(8-12(27)7-22-16)11-3-1-10(2-4-11)17(30)23-13(19(32)33)5-6-14(28)29;1-3-4-5-6-24-15(23)18-12-9(16)7-19(14(22)17-12)13-11(21)10(20)8(2)25-13;5-2-1-6-4(9)7-3(2)8/h1-4,12-13H,5-9H2,(H,23,30)(H,28,29)(H,32,33)(H4,21,22,24,25,31);7-8,10-11,13,20-21H,3-6H2,1-2H3,(H,17,18,22,23);1H,(H2,6,7,8,9)/t12?,13-;8-,10-,11-,13-;/m01./s1. The maximum atomic E-state index is 14.1. The summed E-state index contributed by atoms with van der Waals surface area (Å²) in [7, 11) is 0. The molecule has 28 heteroatoms. The third-order valence-electron chi connectivity index (χ3n) is 10.3. The molecule has 6 atom stereocenters. The number of aromatic amines is 3. The number of halogens is 2. The lowest BCUT2D eigenvalue weighted by atomic mass is 10.1. The van der Waals surface area contributed by atoms with Crippen LogP contribution < -0.4 is 54.0 Å². The highest BCUT2D eigenvalue weighted by Crippen LogP contribution is 2.33. The zero-order valence-electron chi connectivity index (χ0n) is 35.7. The molecule has 0 saturated carbocycles. The van der Waals surface area contributed by atoms with Crippen molar-refractivity contribution in [3.8, 4) is 0 Å². The van der Waals surface area contributed by atoms with E-state index in [-0.39, 0.29) is 42.6 Å². The van der Waals surface area contributed by atoms with Gasteiger partial charge in [-0.15, -0.1) is 0 Å². The zero-order chi connectivity index (χ0) is 49.1. The minimum atomic E-state index is -1.41. The molecule has 12 N–H and O–H groups in total. The van der Waals surface area contributed by atoms with E-state index in [2.05, 4.69) is 30.9 Å². The number of hydrogen-bond acceptors (Lipinski definition) is 18. The molecule has 0 spiro atoms. The van der Waals surface area contributed by atoms with Gasteiger partial charge in [-0.1, -0.05) is 19.8 Å². The van der Waals surface area contributed by atoms with Crippen LogP contribution in [-0.2, 0) is 19.1 Å². The molecule has 0 radical (unpaired) electrons. The van der Waals surface area contributed by atoms with Gasteiger partial charge < -0.3 is 61.1 Å². The fourth-order valence-corrected chi connectivity index (χ4v) is 6.82. The van der Waals surface area contributed by atoms with E-state index in [0.29, 0.717) is 43.9 Å². The molecule has 7 rings (SSSR count). The first kappa shape index (κ1) is 50.3. The number of H-pyrrole nitrogens is 3. The first-order chi connectivity index (χ1) is 31.8. The number of amides is 2. The maximum Gasteiger partial charge on any atom is 0.412 e. The molecule has 1 aromatic carbocycles. The lowest BCUT2D eigenvalue weighted by molar-refractivity contribution is -0.140. The molecule has 4 aromatic rings. The van der Waals surface area contributed by atoms with Crippen LogP contribution >= 0.6 is 0 Å². The van der Waals surface area contributed by atoms with E-state index in [9.17, 15) is 62.5 Å². The number of rotatable bonds is 13. The average molecular weight is 947 g/mol. The van der Waals surface area contributed by atoms with Crippen LogP contribution in [0.5, 0.6) is 0 Å². The molecular formula is C39H48F2N12O14. The fourth-order valence-electron chi connectivity index (χ4n) is 6.82. The third kappa shape index (κ3) is 13.0. The Hall–Kier alpha value is -7.72. The van der Waals surface area contributed by atoms with E-state index >= 15 is 0 Å². The summed E-state index contributed by atoms with van der Waals surface area (Å²) in [5.74, 6) is -5.13. The number of fused-ring (bicyclic) bond motifs is 3. The first-order valence-corrected chi connectivity index (χ1v) is 20.5. The number of anilines is 5. The minimum absolute atomic E-state index is 0.0394. The predicted octanol–water partition coefficient (Wildman–Crippen LogP) is -0.559. The number of carboxylic acid groups (broad SMARTS) is 2. The Balaban J connectivity index is 0.000000217. The van der Waals surface area contributed by atoms with Gasteiger partial charge in [0.15, 0.2) is 23.7 Å². The number of ether oxygens (including phenoxy) is 2. The fraction of sp³-hybridized carbons (Fsp3) is 0.436. The molecule has 0 aliphatic carbocycles. The van der Waals surface area contributed by atoms with Crippen LogP contribution in [0.15, 0.2) is 55.8 Å². The third-order valence-corrected chi connectivity index (χ3v) is 10.3. The number of carboxylic acids is 2. The van der Waals surface area contributed by atoms with E-state index in [4.69, 9.17) is 20.3 Å². The number of nitrogen functional groups attached to an aromatic ring is 1. The summed E-state index contributed by atoms with van der Waals surface area (Å²) in [6, 6.07) is 5.35. The van der Waals surface area contributed by atoms with Gasteiger partial charge in [-0.25, -0.2) is 23.6 Å². The molecule has 1 unspecified atom stereocenters. The summed E-state index contributed by atoms with van der Waals surface area (Å²) in [4.78, 5) is 109. The van der Waals surface area contributed by atoms with Crippen LogP contribution in [0.2, 0.25) is 0 Å². The highest BCUT2D eigenvalue weighted by Gasteiger charge is 2.42. The number of nitrogens with two attached hydrogens (primary N) is 1. The number of nitrogens with zero attached hydrogens (tertiary/aromatic N) is 5. The molecule has 2 saturated heterocycles. The first-order valence-electron chi connectivity index (χ1n) is 20.5. The van der Waals surface area contributed by atoms with Crippen LogP contribution in [0.25, 0.3) is 0 Å². The molecule has 3 aliphatic heterocycles. The van der Waals surface area contributed by atoms with Gasteiger partial charge in [0.1, 0.15) is 23.9 Å². The summed E-state index contributed by atoms with van der Waals surface area (Å²) in [5, 5.41) is 45.1. The van der Waals surface area contributed by atoms with Crippen LogP contribution in [0.4, 0.5) is 42.5 Å². The second-order valence-electron chi connectivity index (χ2n) is 15.1. The van der Waals surface area contributed by atoms with Crippen molar-refractivity contribution in [2.24, 2.45) is 0 Å². The largest absolute Gasteiger partial charge is 0.481 e. The molecule has 2 fully saturated rings. The molecule has 3 aromatic heterocycles. The number of hydrogen-bond donors (Lipinski definition) is 11. The van der Waals surface area contributed by atoms with Crippen molar-refractivity contribution in [3.63, 3.8) is 0 Å². The van der Waals surface area contributed by atoms with Crippen molar-refractivity contribution < 1.29 is 57.9 Å². The highest BCUT2D eigenvalue weighted by atomic mass is 19.1. The number of aliphatic carboxylic acids is 2.